The molecule has 0 atom stereocenters. The van der Waals surface area contributed by atoms with Crippen LogP contribution in [0.2, 0.25) is 0 Å². The molecule has 0 radical (unpaired) electrons. The summed E-state index contributed by atoms with van der Waals surface area (Å²) in [5, 5.41) is 21.5. The lowest BCUT2D eigenvalue weighted by Gasteiger charge is -2.05. The van der Waals surface area contributed by atoms with E-state index in [4.69, 9.17) is 4.74 Å². The molecular weight excluding hydrogens is 1250 g/mol. The molecule has 0 amide bonds. The number of halogens is 1. The molecule has 0 fully saturated rings. The Labute approximate surface area is 608 Å². The molecule has 9 heterocycles. The maximum Gasteiger partial charge on any atom is 0.144 e. The lowest BCUT2D eigenvalue weighted by molar-refractivity contribution is 0.414. The lowest BCUT2D eigenvalue weighted by Crippen LogP contribution is -1.99. The maximum atomic E-state index is 12.8. The van der Waals surface area contributed by atoms with E-state index < -0.39 is 0 Å². The van der Waals surface area contributed by atoms with Gasteiger partial charge in [-0.05, 0) is 188 Å². The van der Waals surface area contributed by atoms with Crippen molar-refractivity contribution >= 4 is 0 Å². The Hall–Kier alpha value is -9.44. The zero-order chi connectivity index (χ0) is 75.8. The van der Waals surface area contributed by atoms with Gasteiger partial charge in [0, 0.05) is 112 Å². The molecule has 0 bridgehead atoms. The van der Waals surface area contributed by atoms with E-state index in [0.29, 0.717) is 65.1 Å². The number of hydrogen-bond donors (Lipinski definition) is 1. The van der Waals surface area contributed by atoms with Gasteiger partial charge in [-0.25, -0.2) is 9.37 Å². The number of nitrogens with zero attached hydrogens (tertiary/aromatic N) is 13. The molecule has 9 aromatic heterocycles. The molecule has 0 saturated carbocycles. The first-order valence-electron chi connectivity index (χ1n) is 35.5. The van der Waals surface area contributed by atoms with Crippen LogP contribution in [-0.2, 0) is 14.1 Å². The molecule has 16 heteroatoms. The van der Waals surface area contributed by atoms with Crippen molar-refractivity contribution in [1.29, 1.82) is 0 Å². The SMILES string of the molecule is CC(C)c1ccccc1.CC(C)c1ccccn1.CC(C)c1ccccn1.CC(C)c1ccn(C)n1.CC(C)c1ccncc1.CC(C)c1cnn(C)c1.CC(C)c1ncccc1F.CC(C)c1ncccc1O.CC(C)n1cccn1.CC(C)n1ccnc1.COc1ccc(C(C)C)cc1. The minimum atomic E-state index is -0.211. The average Bonchev–Trinajstić information content (AvgIpc) is 1.17. The molecule has 101 heavy (non-hydrogen) atoms. The number of hydrogen-bond acceptors (Lipinski definition) is 11. The third-order valence-electron chi connectivity index (χ3n) is 14.8. The summed E-state index contributed by atoms with van der Waals surface area (Å²) >= 11 is 0. The maximum absolute atomic E-state index is 12.8. The molecule has 15 nitrogen and oxygen atoms in total. The monoisotopic (exact) mass is 1380 g/mol. The van der Waals surface area contributed by atoms with Gasteiger partial charge in [0.2, 0.25) is 0 Å². The number of ether oxygens (including phenoxy) is 1. The van der Waals surface area contributed by atoms with Crippen LogP contribution in [0.1, 0.15) is 268 Å². The molecule has 0 aliphatic rings. The van der Waals surface area contributed by atoms with E-state index in [1.165, 1.54) is 28.3 Å². The van der Waals surface area contributed by atoms with Crippen LogP contribution < -0.4 is 4.74 Å². The zero-order valence-electron chi connectivity index (χ0n) is 65.8. The number of rotatable bonds is 12. The van der Waals surface area contributed by atoms with E-state index in [-0.39, 0.29) is 17.5 Å². The molecule has 11 aromatic rings. The van der Waals surface area contributed by atoms with Gasteiger partial charge in [-0.15, -0.1) is 0 Å². The van der Waals surface area contributed by atoms with Gasteiger partial charge in [0.15, 0.2) is 0 Å². The normalized spacial score (nSPS) is 10.3. The van der Waals surface area contributed by atoms with Crippen LogP contribution in [0, 0.1) is 5.82 Å². The minimum Gasteiger partial charge on any atom is -0.506 e. The number of imidazole rings is 1. The number of aromatic hydroxyl groups is 1. The van der Waals surface area contributed by atoms with Crippen molar-refractivity contribution < 1.29 is 14.2 Å². The highest BCUT2D eigenvalue weighted by molar-refractivity contribution is 5.29. The van der Waals surface area contributed by atoms with Gasteiger partial charge in [0.1, 0.15) is 17.3 Å². The van der Waals surface area contributed by atoms with E-state index >= 15 is 0 Å². The molecule has 0 spiro atoms. The highest BCUT2D eigenvalue weighted by atomic mass is 19.1. The van der Waals surface area contributed by atoms with Crippen LogP contribution in [-0.4, -0.2) is 76.0 Å². The van der Waals surface area contributed by atoms with Gasteiger partial charge in [0.25, 0.3) is 0 Å². The third-order valence-corrected chi connectivity index (χ3v) is 14.8. The summed E-state index contributed by atoms with van der Waals surface area (Å²) in [6.45, 7) is 46.6. The van der Waals surface area contributed by atoms with E-state index in [0.717, 1.165) is 28.5 Å². The van der Waals surface area contributed by atoms with Crippen LogP contribution in [0.15, 0.2) is 226 Å². The molecule has 0 aliphatic heterocycles. The summed E-state index contributed by atoms with van der Waals surface area (Å²) in [4.78, 5) is 24.1. The van der Waals surface area contributed by atoms with Gasteiger partial charge in [-0.3, -0.25) is 39.0 Å². The van der Waals surface area contributed by atoms with Gasteiger partial charge in [-0.2, -0.15) is 15.3 Å². The number of methoxy groups -OCH3 is 1. The Morgan fingerprint density at radius 3 is 1.13 bits per heavy atom. The van der Waals surface area contributed by atoms with Crippen molar-refractivity contribution in [2.24, 2.45) is 14.1 Å². The molecule has 0 saturated heterocycles. The smallest absolute Gasteiger partial charge is 0.144 e. The van der Waals surface area contributed by atoms with Crippen molar-refractivity contribution in [3.8, 4) is 11.5 Å². The molecule has 548 valence electrons. The largest absolute Gasteiger partial charge is 0.506 e. The first-order chi connectivity index (χ1) is 47.9. The van der Waals surface area contributed by atoms with Crippen LogP contribution >= 0.6 is 0 Å². The molecule has 11 rings (SSSR count). The number of aromatic nitrogens is 13. The van der Waals surface area contributed by atoms with Crippen molar-refractivity contribution in [2.45, 2.75) is 218 Å². The molecular formula is C85H124FN13O2. The van der Waals surface area contributed by atoms with Crippen molar-refractivity contribution in [3.63, 3.8) is 0 Å². The summed E-state index contributed by atoms with van der Waals surface area (Å²) in [6, 6.07) is 46.2. The number of pyridine rings is 5. The van der Waals surface area contributed by atoms with Gasteiger partial charge >= 0.3 is 0 Å². The van der Waals surface area contributed by atoms with Crippen molar-refractivity contribution in [1.82, 2.24) is 63.8 Å². The van der Waals surface area contributed by atoms with Gasteiger partial charge in [-0.1, -0.05) is 179 Å². The first-order valence-corrected chi connectivity index (χ1v) is 35.5. The molecule has 1 N–H and O–H groups in total. The molecule has 0 aliphatic carbocycles. The van der Waals surface area contributed by atoms with E-state index in [2.05, 4.69) is 211 Å². The fraction of sp³-hybridized carbons (Fsp3) is 0.424. The second-order valence-corrected chi connectivity index (χ2v) is 27.2. The van der Waals surface area contributed by atoms with Crippen LogP contribution in [0.4, 0.5) is 4.39 Å². The topological polar surface area (TPSA) is 165 Å². The Bertz CT molecular complexity index is 3370. The van der Waals surface area contributed by atoms with Crippen molar-refractivity contribution in [3.05, 3.63) is 283 Å². The lowest BCUT2D eigenvalue weighted by atomic mass is 10.0. The Kier molecular flexibility index (Phi) is 45.8. The summed E-state index contributed by atoms with van der Waals surface area (Å²) in [6.07, 6.45) is 25.9. The second kappa shape index (κ2) is 51.7. The predicted octanol–water partition coefficient (Wildman–Crippen LogP) is 22.5. The van der Waals surface area contributed by atoms with Gasteiger partial charge < -0.3 is 14.4 Å². The first kappa shape index (κ1) is 89.6. The van der Waals surface area contributed by atoms with E-state index in [1.54, 1.807) is 50.1 Å². The summed E-state index contributed by atoms with van der Waals surface area (Å²) < 4.78 is 25.5. The van der Waals surface area contributed by atoms with Crippen LogP contribution in [0.25, 0.3) is 0 Å². The van der Waals surface area contributed by atoms with Crippen molar-refractivity contribution in [2.75, 3.05) is 7.11 Å². The number of aryl methyl sites for hydroxylation is 2. The predicted molar refractivity (Wildman–Crippen MR) is 421 cm³/mol. The standard InChI is InChI=1S/C10H14O.C9H12.C8H10FN.C8H11NO.3C8H11N.2C7H12N2.2C6H10N2/c1-8(2)9-4-6-10(11-3)7-5-9;1-8(2)9-6-4-3-5-7-9;1-6(2)8-7(9)4-3-5-10-8;1-6(2)8-7(10)4-3-5-9-8;1-7(2)8-3-5-9-6-4-8;2*1-7(2)8-5-3-4-6-9-8;1-6(2)7-4-8-9(3)5-7;1-6(2)7-4-5-9(3)8-7;1-6(2)8-4-3-7-5-8;1-6(2)8-5-3-4-7-8/h4-8H,1-3H3;3-8H,1-2H3;3-6H,1-2H3;3-6,10H,1-2H3;3*3-7H,1-2H3;2*4-6H,1-3H3;2*3-6H,1-2H3. The van der Waals surface area contributed by atoms with Crippen LogP contribution in [0.5, 0.6) is 11.5 Å². The second-order valence-electron chi connectivity index (χ2n) is 27.2. The zero-order valence-corrected chi connectivity index (χ0v) is 65.8. The summed E-state index contributed by atoms with van der Waals surface area (Å²) in [5.41, 5.74) is 10.2. The molecule has 2 aromatic carbocycles. The van der Waals surface area contributed by atoms with Crippen LogP contribution in [0.3, 0.4) is 0 Å². The Balaban J connectivity index is 0.000000556. The van der Waals surface area contributed by atoms with E-state index in [9.17, 15) is 9.50 Å². The Morgan fingerprint density at radius 2 is 0.851 bits per heavy atom. The van der Waals surface area contributed by atoms with Gasteiger partial charge in [0.05, 0.1) is 36.7 Å². The van der Waals surface area contributed by atoms with E-state index in [1.807, 2.05) is 197 Å². The fourth-order valence-electron chi connectivity index (χ4n) is 8.33. The quantitative estimate of drug-likeness (QED) is 0.124. The average molecular weight is 1380 g/mol. The fourth-order valence-corrected chi connectivity index (χ4v) is 8.33. The Morgan fingerprint density at radius 1 is 0.366 bits per heavy atom. The summed E-state index contributed by atoms with van der Waals surface area (Å²) in [5.74, 6) is 5.58. The highest BCUT2D eigenvalue weighted by Crippen LogP contribution is 2.22. The third kappa shape index (κ3) is 40.4. The number of benzene rings is 2. The summed E-state index contributed by atoms with van der Waals surface area (Å²) in [7, 11) is 5.56. The highest BCUT2D eigenvalue weighted by Gasteiger charge is 2.07. The minimum absolute atomic E-state index is 0.168. The molecule has 0 unspecified atom stereocenters.